The second-order valence-electron chi connectivity index (χ2n) is 4.57. The van der Waals surface area contributed by atoms with Gasteiger partial charge in [0.15, 0.2) is 0 Å². The summed E-state index contributed by atoms with van der Waals surface area (Å²) in [5.74, 6) is 0. The molecule has 17 heavy (non-hydrogen) atoms. The molecule has 1 aliphatic heterocycles. The highest BCUT2D eigenvalue weighted by molar-refractivity contribution is 5.86. The Hall–Kier alpha value is -1.05. The summed E-state index contributed by atoms with van der Waals surface area (Å²) >= 11 is 0. The van der Waals surface area contributed by atoms with Crippen LogP contribution in [0.2, 0.25) is 0 Å². The van der Waals surface area contributed by atoms with Crippen LogP contribution in [-0.2, 0) is 0 Å². The van der Waals surface area contributed by atoms with Crippen LogP contribution < -0.4 is 5.32 Å². The summed E-state index contributed by atoms with van der Waals surface area (Å²) in [4.78, 5) is 0. The Morgan fingerprint density at radius 3 is 2.59 bits per heavy atom. The zero-order chi connectivity index (χ0) is 10.8. The molecule has 2 heteroatoms. The van der Waals surface area contributed by atoms with Crippen LogP contribution in [0.3, 0.4) is 0 Å². The van der Waals surface area contributed by atoms with E-state index in [2.05, 4.69) is 47.8 Å². The largest absolute Gasteiger partial charge is 0.310 e. The van der Waals surface area contributed by atoms with Crippen LogP contribution in [0.25, 0.3) is 10.8 Å². The molecule has 1 fully saturated rings. The van der Waals surface area contributed by atoms with E-state index in [9.17, 15) is 0 Å². The van der Waals surface area contributed by atoms with Crippen molar-refractivity contribution < 1.29 is 0 Å². The number of nitrogens with one attached hydrogen (secondary N) is 1. The second-order valence-corrected chi connectivity index (χ2v) is 4.57. The number of halogens is 1. The molecule has 0 bridgehead atoms. The Bertz CT molecular complexity index is 484. The summed E-state index contributed by atoms with van der Waals surface area (Å²) in [6, 6.07) is 15.9. The minimum Gasteiger partial charge on any atom is -0.310 e. The molecule has 1 aliphatic rings. The lowest BCUT2D eigenvalue weighted by molar-refractivity contribution is 0.414. The van der Waals surface area contributed by atoms with Crippen molar-refractivity contribution in [1.29, 1.82) is 0 Å². The van der Waals surface area contributed by atoms with Gasteiger partial charge in [-0.2, -0.15) is 0 Å². The van der Waals surface area contributed by atoms with Crippen molar-refractivity contribution in [2.45, 2.75) is 25.3 Å². The summed E-state index contributed by atoms with van der Waals surface area (Å²) in [5.41, 5.74) is 1.47. The zero-order valence-corrected chi connectivity index (χ0v) is 10.7. The molecular formula is C15H18ClN. The molecule has 0 aromatic heterocycles. The van der Waals surface area contributed by atoms with Gasteiger partial charge in [0.2, 0.25) is 0 Å². The van der Waals surface area contributed by atoms with E-state index in [0.717, 1.165) is 6.54 Å². The van der Waals surface area contributed by atoms with Crippen molar-refractivity contribution in [3.8, 4) is 0 Å². The summed E-state index contributed by atoms with van der Waals surface area (Å²) in [5, 5.41) is 6.39. The lowest BCUT2D eigenvalue weighted by Gasteiger charge is -2.25. The molecule has 0 amide bonds. The van der Waals surface area contributed by atoms with Gasteiger partial charge in [0.25, 0.3) is 0 Å². The van der Waals surface area contributed by atoms with Crippen LogP contribution in [0.15, 0.2) is 42.5 Å². The zero-order valence-electron chi connectivity index (χ0n) is 9.86. The van der Waals surface area contributed by atoms with E-state index in [0.29, 0.717) is 6.04 Å². The first-order valence-corrected chi connectivity index (χ1v) is 6.16. The van der Waals surface area contributed by atoms with Gasteiger partial charge in [0.05, 0.1) is 0 Å². The number of hydrogen-bond acceptors (Lipinski definition) is 1. The van der Waals surface area contributed by atoms with Crippen LogP contribution in [0.5, 0.6) is 0 Å². The topological polar surface area (TPSA) is 12.0 Å². The smallest absolute Gasteiger partial charge is 0.0326 e. The number of rotatable bonds is 1. The molecule has 0 aliphatic carbocycles. The number of fused-ring (bicyclic) bond motifs is 1. The van der Waals surface area contributed by atoms with E-state index >= 15 is 0 Å². The molecule has 0 radical (unpaired) electrons. The molecule has 0 spiro atoms. The lowest BCUT2D eigenvalue weighted by atomic mass is 9.93. The fourth-order valence-corrected chi connectivity index (χ4v) is 2.67. The van der Waals surface area contributed by atoms with Crippen molar-refractivity contribution >= 4 is 23.2 Å². The second kappa shape index (κ2) is 5.52. The van der Waals surface area contributed by atoms with Gasteiger partial charge in [-0.1, -0.05) is 48.9 Å². The Morgan fingerprint density at radius 2 is 1.76 bits per heavy atom. The Kier molecular flexibility index (Phi) is 4.03. The predicted molar refractivity (Wildman–Crippen MR) is 75.8 cm³/mol. The third-order valence-electron chi connectivity index (χ3n) is 3.51. The first-order valence-electron chi connectivity index (χ1n) is 6.16. The molecule has 2 aromatic rings. The predicted octanol–water partition coefficient (Wildman–Crippen LogP) is 4.08. The number of hydrogen-bond donors (Lipinski definition) is 1. The highest BCUT2D eigenvalue weighted by Gasteiger charge is 2.16. The summed E-state index contributed by atoms with van der Waals surface area (Å²) in [7, 11) is 0. The van der Waals surface area contributed by atoms with Gasteiger partial charge in [-0.3, -0.25) is 0 Å². The van der Waals surface area contributed by atoms with E-state index in [1.807, 2.05) is 0 Å². The van der Waals surface area contributed by atoms with Gasteiger partial charge in [0, 0.05) is 6.04 Å². The maximum Gasteiger partial charge on any atom is 0.0326 e. The third kappa shape index (κ3) is 2.46. The minimum atomic E-state index is 0. The maximum absolute atomic E-state index is 3.63. The fourth-order valence-electron chi connectivity index (χ4n) is 2.67. The van der Waals surface area contributed by atoms with E-state index in [1.54, 1.807) is 0 Å². The molecule has 1 saturated heterocycles. The summed E-state index contributed by atoms with van der Waals surface area (Å²) in [6.07, 6.45) is 3.94. The normalized spacial score (nSPS) is 19.9. The van der Waals surface area contributed by atoms with E-state index in [4.69, 9.17) is 0 Å². The molecule has 2 aromatic carbocycles. The van der Waals surface area contributed by atoms with Crippen molar-refractivity contribution in [2.75, 3.05) is 6.54 Å². The maximum atomic E-state index is 3.63. The lowest BCUT2D eigenvalue weighted by Crippen LogP contribution is -2.26. The van der Waals surface area contributed by atoms with Gasteiger partial charge < -0.3 is 5.32 Å². The van der Waals surface area contributed by atoms with Crippen molar-refractivity contribution in [3.05, 3.63) is 48.0 Å². The molecular weight excluding hydrogens is 230 g/mol. The molecule has 0 saturated carbocycles. The van der Waals surface area contributed by atoms with Gasteiger partial charge >= 0.3 is 0 Å². The van der Waals surface area contributed by atoms with E-state index in [1.165, 1.54) is 35.6 Å². The SMILES string of the molecule is Cl.c1ccc2c([C@H]3CCCCN3)cccc2c1. The Balaban J connectivity index is 0.00000108. The van der Waals surface area contributed by atoms with Crippen LogP contribution in [0.4, 0.5) is 0 Å². The fraction of sp³-hybridized carbons (Fsp3) is 0.333. The quantitative estimate of drug-likeness (QED) is 0.801. The van der Waals surface area contributed by atoms with E-state index in [-0.39, 0.29) is 12.4 Å². The van der Waals surface area contributed by atoms with Crippen molar-refractivity contribution in [3.63, 3.8) is 0 Å². The highest BCUT2D eigenvalue weighted by Crippen LogP contribution is 2.29. The van der Waals surface area contributed by atoms with Crippen molar-refractivity contribution in [2.24, 2.45) is 0 Å². The first-order chi connectivity index (χ1) is 7.95. The summed E-state index contributed by atoms with van der Waals surface area (Å²) < 4.78 is 0. The van der Waals surface area contributed by atoms with Gasteiger partial charge in [-0.25, -0.2) is 0 Å². The number of piperidine rings is 1. The molecule has 1 atom stereocenters. The Morgan fingerprint density at radius 1 is 0.941 bits per heavy atom. The van der Waals surface area contributed by atoms with Crippen LogP contribution >= 0.6 is 12.4 Å². The minimum absolute atomic E-state index is 0. The molecule has 1 heterocycles. The van der Waals surface area contributed by atoms with Crippen LogP contribution in [0, 0.1) is 0 Å². The van der Waals surface area contributed by atoms with Gasteiger partial charge in [-0.05, 0) is 35.7 Å². The van der Waals surface area contributed by atoms with Crippen molar-refractivity contribution in [1.82, 2.24) is 5.32 Å². The molecule has 0 unspecified atom stereocenters. The van der Waals surface area contributed by atoms with Gasteiger partial charge in [-0.15, -0.1) is 12.4 Å². The molecule has 1 N–H and O–H groups in total. The monoisotopic (exact) mass is 247 g/mol. The molecule has 1 nitrogen and oxygen atoms in total. The standard InChI is InChI=1S/C15H17N.ClH/c1-2-8-13-12(6-1)7-5-9-14(13)15-10-3-4-11-16-15;/h1-2,5-9,15-16H,3-4,10-11H2;1H/t15-;/m1./s1. The highest BCUT2D eigenvalue weighted by atomic mass is 35.5. The van der Waals surface area contributed by atoms with E-state index < -0.39 is 0 Å². The molecule has 90 valence electrons. The average molecular weight is 248 g/mol. The molecule has 3 rings (SSSR count). The first kappa shape index (κ1) is 12.4. The van der Waals surface area contributed by atoms with Crippen LogP contribution in [-0.4, -0.2) is 6.54 Å². The average Bonchev–Trinajstić information content (AvgIpc) is 2.39. The Labute approximate surface area is 109 Å². The summed E-state index contributed by atoms with van der Waals surface area (Å²) in [6.45, 7) is 1.16. The number of benzene rings is 2. The van der Waals surface area contributed by atoms with Crippen LogP contribution in [0.1, 0.15) is 30.9 Å². The van der Waals surface area contributed by atoms with Gasteiger partial charge in [0.1, 0.15) is 0 Å². The third-order valence-corrected chi connectivity index (χ3v) is 3.51.